The minimum atomic E-state index is -4.60. The van der Waals surface area contributed by atoms with E-state index in [0.29, 0.717) is 12.8 Å². The maximum Gasteiger partial charge on any atom is 0.472 e. The van der Waals surface area contributed by atoms with E-state index < -0.39 is 51.8 Å². The molecule has 284 valence electrons. The molecule has 0 aliphatic heterocycles. The van der Waals surface area contributed by atoms with Crippen LogP contribution in [-0.4, -0.2) is 65.7 Å². The van der Waals surface area contributed by atoms with Crippen molar-refractivity contribution in [1.82, 2.24) is 0 Å². The van der Waals surface area contributed by atoms with Crippen LogP contribution in [0.4, 0.5) is 0 Å². The molecule has 3 atom stereocenters. The molecule has 0 aromatic heterocycles. The lowest BCUT2D eigenvalue weighted by molar-refractivity contribution is -0.161. The van der Waals surface area contributed by atoms with E-state index in [1.165, 1.54) is 89.9 Å². The van der Waals surface area contributed by atoms with Crippen molar-refractivity contribution < 1.29 is 47.8 Å². The fourth-order valence-corrected chi connectivity index (χ4v) is 5.95. The highest BCUT2D eigenvalue weighted by atomic mass is 31.2. The first-order chi connectivity index (χ1) is 23.2. The van der Waals surface area contributed by atoms with Crippen LogP contribution < -0.4 is 0 Å². The second-order valence-electron chi connectivity index (χ2n) is 13.0. The highest BCUT2D eigenvalue weighted by molar-refractivity contribution is 7.47. The van der Waals surface area contributed by atoms with E-state index in [0.717, 1.165) is 44.9 Å². The predicted molar refractivity (Wildman–Crippen MR) is 192 cm³/mol. The van der Waals surface area contributed by atoms with Crippen LogP contribution in [0.2, 0.25) is 0 Å². The Balaban J connectivity index is 4.35. The second-order valence-corrected chi connectivity index (χ2v) is 14.4. The van der Waals surface area contributed by atoms with E-state index >= 15 is 0 Å². The average molecular weight is 707 g/mol. The van der Waals surface area contributed by atoms with Crippen molar-refractivity contribution in [2.75, 3.05) is 26.4 Å². The normalized spacial score (nSPS) is 14.2. The van der Waals surface area contributed by atoms with Crippen LogP contribution in [0, 0.1) is 0 Å². The van der Waals surface area contributed by atoms with Crippen LogP contribution in [0.3, 0.4) is 0 Å². The van der Waals surface area contributed by atoms with Crippen molar-refractivity contribution in [1.29, 1.82) is 0 Å². The minimum absolute atomic E-state index is 0.183. The lowest BCUT2D eigenvalue weighted by Gasteiger charge is -2.20. The molecule has 0 saturated heterocycles. The van der Waals surface area contributed by atoms with E-state index in [1.807, 2.05) is 0 Å². The highest BCUT2D eigenvalue weighted by Gasteiger charge is 2.27. The molecule has 0 amide bonds. The summed E-state index contributed by atoms with van der Waals surface area (Å²) in [5.74, 6) is -0.927. The summed E-state index contributed by atoms with van der Waals surface area (Å²) in [6.07, 6.45) is 29.0. The van der Waals surface area contributed by atoms with E-state index in [4.69, 9.17) is 19.1 Å². The molecule has 0 aromatic carbocycles. The summed E-state index contributed by atoms with van der Waals surface area (Å²) >= 11 is 0. The van der Waals surface area contributed by atoms with Gasteiger partial charge in [0.25, 0.3) is 0 Å². The van der Waals surface area contributed by atoms with Gasteiger partial charge in [-0.15, -0.1) is 0 Å². The van der Waals surface area contributed by atoms with Crippen molar-refractivity contribution in [2.24, 2.45) is 0 Å². The van der Waals surface area contributed by atoms with Crippen LogP contribution in [0.5, 0.6) is 0 Å². The molecule has 3 N–H and O–H groups in total. The van der Waals surface area contributed by atoms with Gasteiger partial charge in [-0.25, -0.2) is 4.57 Å². The van der Waals surface area contributed by atoms with Gasteiger partial charge in [0.1, 0.15) is 12.7 Å². The molecule has 11 heteroatoms. The quantitative estimate of drug-likeness (QED) is 0.0249. The zero-order valence-electron chi connectivity index (χ0n) is 30.5. The van der Waals surface area contributed by atoms with Crippen molar-refractivity contribution in [3.05, 3.63) is 12.2 Å². The minimum Gasteiger partial charge on any atom is -0.462 e. The number of aliphatic hydroxyl groups is 2. The topological polar surface area (TPSA) is 149 Å². The molecule has 0 aromatic rings. The Bertz CT molecular complexity index is 822. The van der Waals surface area contributed by atoms with Crippen molar-refractivity contribution >= 4 is 19.8 Å². The number of unbranched alkanes of at least 4 members (excludes halogenated alkanes) is 20. The lowest BCUT2D eigenvalue weighted by atomic mass is 10.1. The first-order valence-electron chi connectivity index (χ1n) is 19.1. The molecular weight excluding hydrogens is 635 g/mol. The Morgan fingerprint density at radius 1 is 0.604 bits per heavy atom. The van der Waals surface area contributed by atoms with Gasteiger partial charge < -0.3 is 24.6 Å². The number of ether oxygens (including phenoxy) is 2. The van der Waals surface area contributed by atoms with Crippen LogP contribution >= 0.6 is 7.82 Å². The van der Waals surface area contributed by atoms with Gasteiger partial charge in [-0.2, -0.15) is 0 Å². The molecule has 1 unspecified atom stereocenters. The van der Waals surface area contributed by atoms with Gasteiger partial charge >= 0.3 is 19.8 Å². The molecule has 0 aliphatic rings. The number of phosphoric ester groups is 1. The molecule has 0 radical (unpaired) electrons. The smallest absolute Gasteiger partial charge is 0.462 e. The summed E-state index contributed by atoms with van der Waals surface area (Å²) in [6, 6.07) is 0. The first-order valence-corrected chi connectivity index (χ1v) is 20.6. The van der Waals surface area contributed by atoms with Crippen molar-refractivity contribution in [3.8, 4) is 0 Å². The number of aliphatic hydroxyl groups excluding tert-OH is 2. The van der Waals surface area contributed by atoms with Gasteiger partial charge in [-0.05, 0) is 38.5 Å². The zero-order valence-corrected chi connectivity index (χ0v) is 31.4. The van der Waals surface area contributed by atoms with Crippen LogP contribution in [-0.2, 0) is 32.7 Å². The Morgan fingerprint density at radius 2 is 1.02 bits per heavy atom. The van der Waals surface area contributed by atoms with E-state index in [-0.39, 0.29) is 19.4 Å². The van der Waals surface area contributed by atoms with Crippen molar-refractivity contribution in [3.63, 3.8) is 0 Å². The number of carbonyl (C=O) groups excluding carboxylic acids is 2. The van der Waals surface area contributed by atoms with Gasteiger partial charge in [0, 0.05) is 12.8 Å². The van der Waals surface area contributed by atoms with E-state index in [1.54, 1.807) is 0 Å². The fraction of sp³-hybridized carbons (Fsp3) is 0.892. The van der Waals surface area contributed by atoms with Crippen LogP contribution in [0.15, 0.2) is 12.2 Å². The predicted octanol–water partition coefficient (Wildman–Crippen LogP) is 9.28. The molecule has 0 spiro atoms. The van der Waals surface area contributed by atoms with Gasteiger partial charge in [-0.3, -0.25) is 18.6 Å². The second kappa shape index (κ2) is 34.2. The number of hydrogen-bond acceptors (Lipinski definition) is 9. The maximum absolute atomic E-state index is 12.5. The number of allylic oxidation sites excluding steroid dienone is 2. The van der Waals surface area contributed by atoms with Crippen LogP contribution in [0.1, 0.15) is 174 Å². The van der Waals surface area contributed by atoms with Gasteiger partial charge in [-0.1, -0.05) is 135 Å². The molecule has 0 aliphatic carbocycles. The Kier molecular flexibility index (Phi) is 33.3. The highest BCUT2D eigenvalue weighted by Crippen LogP contribution is 2.43. The molecule has 48 heavy (non-hydrogen) atoms. The Labute approximate surface area is 292 Å². The summed E-state index contributed by atoms with van der Waals surface area (Å²) in [6.45, 7) is 2.34. The summed E-state index contributed by atoms with van der Waals surface area (Å²) in [4.78, 5) is 34.8. The molecule has 0 fully saturated rings. The monoisotopic (exact) mass is 706 g/mol. The Hall–Kier alpha value is -1.29. The maximum atomic E-state index is 12.5. The molecule has 10 nitrogen and oxygen atoms in total. The third-order valence-corrected chi connectivity index (χ3v) is 9.12. The van der Waals surface area contributed by atoms with Gasteiger partial charge in [0.2, 0.25) is 0 Å². The SMILES string of the molecule is CCCCCC/C=C/CCCCCCCCCC(=O)O[C@H](COC(=O)CCCCCCCCCCCC)COP(=O)(O)OC[C@@H](O)CO. The largest absolute Gasteiger partial charge is 0.472 e. The molecule has 0 saturated carbocycles. The van der Waals surface area contributed by atoms with E-state index in [9.17, 15) is 24.2 Å². The standard InChI is InChI=1S/C37H71O10P/c1-3-5-7-9-11-13-15-16-17-18-19-21-23-25-27-29-37(41)47-35(33-46-48(42,43)45-31-34(39)30-38)32-44-36(40)28-26-24-22-20-14-12-10-8-6-4-2/h13,15,34-35,38-39H,3-12,14,16-33H2,1-2H3,(H,42,43)/b15-13+/t34-,35+/m0/s1. The summed E-state index contributed by atoms with van der Waals surface area (Å²) in [7, 11) is -4.60. The summed E-state index contributed by atoms with van der Waals surface area (Å²) in [5.41, 5.74) is 0. The van der Waals surface area contributed by atoms with Crippen molar-refractivity contribution in [2.45, 2.75) is 187 Å². The molecular formula is C37H71O10P. The average Bonchev–Trinajstić information content (AvgIpc) is 3.07. The number of phosphoric acid groups is 1. The molecule has 0 heterocycles. The van der Waals surface area contributed by atoms with Gasteiger partial charge in [0.05, 0.1) is 19.8 Å². The molecule has 0 bridgehead atoms. The molecule has 0 rings (SSSR count). The number of esters is 2. The third kappa shape index (κ3) is 33.2. The Morgan fingerprint density at radius 3 is 1.52 bits per heavy atom. The van der Waals surface area contributed by atoms with E-state index in [2.05, 4.69) is 30.5 Å². The lowest BCUT2D eigenvalue weighted by Crippen LogP contribution is -2.29. The van der Waals surface area contributed by atoms with Gasteiger partial charge in [0.15, 0.2) is 6.10 Å². The number of hydrogen-bond donors (Lipinski definition) is 3. The number of carbonyl (C=O) groups is 2. The number of rotatable bonds is 36. The summed E-state index contributed by atoms with van der Waals surface area (Å²) in [5, 5.41) is 18.2. The summed E-state index contributed by atoms with van der Waals surface area (Å²) < 4.78 is 32.5. The third-order valence-electron chi connectivity index (χ3n) is 8.17. The fourth-order valence-electron chi connectivity index (χ4n) is 5.16. The first kappa shape index (κ1) is 46.7. The zero-order chi connectivity index (χ0) is 35.6. The van der Waals surface area contributed by atoms with Crippen LogP contribution in [0.25, 0.3) is 0 Å².